The van der Waals surface area contributed by atoms with Crippen molar-refractivity contribution in [1.82, 2.24) is 0 Å². The van der Waals surface area contributed by atoms with Gasteiger partial charge in [0.2, 0.25) is 0 Å². The van der Waals surface area contributed by atoms with Crippen LogP contribution in [0, 0.1) is 6.92 Å². The summed E-state index contributed by atoms with van der Waals surface area (Å²) >= 11 is 0. The van der Waals surface area contributed by atoms with E-state index in [0.717, 1.165) is 12.1 Å². The van der Waals surface area contributed by atoms with Crippen LogP contribution >= 0.6 is 0 Å². The maximum absolute atomic E-state index is 12.5. The molecule has 0 aliphatic rings. The Hall–Kier alpha value is -1.07. The van der Waals surface area contributed by atoms with E-state index < -0.39 is 23.9 Å². The minimum absolute atomic E-state index is 0.326. The third-order valence-electron chi connectivity index (χ3n) is 2.86. The van der Waals surface area contributed by atoms with Crippen LogP contribution in [-0.4, -0.2) is 16.3 Å². The second kappa shape index (κ2) is 5.71. The summed E-state index contributed by atoms with van der Waals surface area (Å²) in [5.74, 6) is 0. The van der Waals surface area contributed by atoms with Gasteiger partial charge in [-0.15, -0.1) is 0 Å². The van der Waals surface area contributed by atoms with Gasteiger partial charge in [-0.3, -0.25) is 0 Å². The molecular weight excluding hydrogens is 245 g/mol. The average Bonchev–Trinajstić information content (AvgIpc) is 2.27. The van der Waals surface area contributed by atoms with Crippen molar-refractivity contribution in [2.45, 2.75) is 45.1 Å². The highest BCUT2D eigenvalue weighted by Gasteiger charge is 2.31. The Morgan fingerprint density at radius 2 is 1.83 bits per heavy atom. The minimum Gasteiger partial charge on any atom is -0.390 e. The van der Waals surface area contributed by atoms with Crippen molar-refractivity contribution in [3.63, 3.8) is 0 Å². The van der Waals surface area contributed by atoms with Crippen LogP contribution in [0.25, 0.3) is 0 Å². The molecule has 5 heteroatoms. The van der Waals surface area contributed by atoms with Gasteiger partial charge in [0.1, 0.15) is 6.10 Å². The topological polar surface area (TPSA) is 40.5 Å². The third-order valence-corrected chi connectivity index (χ3v) is 2.86. The second-order valence-electron chi connectivity index (χ2n) is 4.37. The largest absolute Gasteiger partial charge is 0.416 e. The first-order valence-corrected chi connectivity index (χ1v) is 5.81. The fourth-order valence-electron chi connectivity index (χ4n) is 1.84. The van der Waals surface area contributed by atoms with Crippen molar-refractivity contribution < 1.29 is 23.4 Å². The molecular formula is C13H17F3O2. The van der Waals surface area contributed by atoms with Gasteiger partial charge in [0.15, 0.2) is 0 Å². The van der Waals surface area contributed by atoms with Crippen molar-refractivity contribution in [3.05, 3.63) is 34.9 Å². The summed E-state index contributed by atoms with van der Waals surface area (Å²) in [7, 11) is 0. The fraction of sp³-hybridized carbons (Fsp3) is 0.538. The predicted octanol–water partition coefficient (Wildman–Crippen LogP) is 3.21. The monoisotopic (exact) mass is 262 g/mol. The Morgan fingerprint density at radius 3 is 2.28 bits per heavy atom. The molecule has 2 N–H and O–H groups in total. The molecule has 0 saturated carbocycles. The van der Waals surface area contributed by atoms with Gasteiger partial charge >= 0.3 is 6.18 Å². The maximum Gasteiger partial charge on any atom is 0.416 e. The average molecular weight is 262 g/mol. The molecule has 0 fully saturated rings. The third kappa shape index (κ3) is 3.46. The lowest BCUT2D eigenvalue weighted by Crippen LogP contribution is -2.19. The molecule has 0 saturated heterocycles. The SMILES string of the molecule is CCCC(O)C(O)c1ccc(C(F)(F)F)cc1C. The zero-order valence-electron chi connectivity index (χ0n) is 10.3. The van der Waals surface area contributed by atoms with Crippen LogP contribution in [0.15, 0.2) is 18.2 Å². The Morgan fingerprint density at radius 1 is 1.22 bits per heavy atom. The number of halogens is 3. The molecule has 1 rings (SSSR count). The Kier molecular flexibility index (Phi) is 4.76. The molecule has 0 bridgehead atoms. The lowest BCUT2D eigenvalue weighted by atomic mass is 9.95. The number of benzene rings is 1. The van der Waals surface area contributed by atoms with Crippen LogP contribution in [0.1, 0.15) is 42.6 Å². The van der Waals surface area contributed by atoms with Gasteiger partial charge in [0.05, 0.1) is 11.7 Å². The predicted molar refractivity (Wildman–Crippen MR) is 62.1 cm³/mol. The van der Waals surface area contributed by atoms with E-state index in [1.54, 1.807) is 0 Å². The van der Waals surface area contributed by atoms with E-state index in [1.807, 2.05) is 6.92 Å². The van der Waals surface area contributed by atoms with Crippen LogP contribution in [0.4, 0.5) is 13.2 Å². The zero-order valence-corrected chi connectivity index (χ0v) is 10.3. The first kappa shape index (κ1) is 15.0. The molecule has 0 radical (unpaired) electrons. The lowest BCUT2D eigenvalue weighted by Gasteiger charge is -2.20. The molecule has 0 spiro atoms. The van der Waals surface area contributed by atoms with Crippen molar-refractivity contribution in [2.75, 3.05) is 0 Å². The summed E-state index contributed by atoms with van der Waals surface area (Å²) in [4.78, 5) is 0. The summed E-state index contributed by atoms with van der Waals surface area (Å²) in [6.07, 6.45) is -5.40. The quantitative estimate of drug-likeness (QED) is 0.874. The molecule has 2 nitrogen and oxygen atoms in total. The van der Waals surface area contributed by atoms with Gasteiger partial charge in [0, 0.05) is 0 Å². The van der Waals surface area contributed by atoms with E-state index in [-0.39, 0.29) is 0 Å². The van der Waals surface area contributed by atoms with Crippen LogP contribution in [0.5, 0.6) is 0 Å². The highest BCUT2D eigenvalue weighted by atomic mass is 19.4. The Balaban J connectivity index is 2.99. The zero-order chi connectivity index (χ0) is 13.9. The van der Waals surface area contributed by atoms with E-state index in [9.17, 15) is 23.4 Å². The standard InChI is InChI=1S/C13H17F3O2/c1-3-4-11(17)12(18)10-6-5-9(7-8(10)2)13(14,15)16/h5-7,11-12,17-18H,3-4H2,1-2H3. The van der Waals surface area contributed by atoms with Crippen molar-refractivity contribution in [2.24, 2.45) is 0 Å². The van der Waals surface area contributed by atoms with Gasteiger partial charge in [0.25, 0.3) is 0 Å². The normalized spacial score (nSPS) is 15.5. The van der Waals surface area contributed by atoms with Crippen molar-refractivity contribution in [3.8, 4) is 0 Å². The number of rotatable bonds is 4. The number of hydrogen-bond acceptors (Lipinski definition) is 2. The van der Waals surface area contributed by atoms with Gasteiger partial charge in [-0.05, 0) is 36.6 Å². The van der Waals surface area contributed by atoms with E-state index in [2.05, 4.69) is 0 Å². The smallest absolute Gasteiger partial charge is 0.390 e. The molecule has 0 amide bonds. The lowest BCUT2D eigenvalue weighted by molar-refractivity contribution is -0.137. The van der Waals surface area contributed by atoms with Gasteiger partial charge < -0.3 is 10.2 Å². The molecule has 0 aliphatic carbocycles. The molecule has 2 unspecified atom stereocenters. The summed E-state index contributed by atoms with van der Waals surface area (Å²) < 4.78 is 37.4. The van der Waals surface area contributed by atoms with E-state index in [1.165, 1.54) is 13.0 Å². The maximum atomic E-state index is 12.5. The highest BCUT2D eigenvalue weighted by molar-refractivity contribution is 5.34. The summed E-state index contributed by atoms with van der Waals surface area (Å²) in [6, 6.07) is 3.13. The van der Waals surface area contributed by atoms with E-state index >= 15 is 0 Å². The van der Waals surface area contributed by atoms with Crippen LogP contribution in [0.3, 0.4) is 0 Å². The molecule has 0 heterocycles. The number of aliphatic hydroxyl groups excluding tert-OH is 2. The Labute approximate surface area is 104 Å². The van der Waals surface area contributed by atoms with E-state index in [0.29, 0.717) is 24.0 Å². The number of alkyl halides is 3. The highest BCUT2D eigenvalue weighted by Crippen LogP contribution is 2.32. The first-order valence-electron chi connectivity index (χ1n) is 5.81. The molecule has 0 aromatic heterocycles. The van der Waals surface area contributed by atoms with Gasteiger partial charge in [-0.25, -0.2) is 0 Å². The molecule has 18 heavy (non-hydrogen) atoms. The first-order chi connectivity index (χ1) is 8.27. The summed E-state index contributed by atoms with van der Waals surface area (Å²) in [5, 5.41) is 19.5. The molecule has 0 aliphatic heterocycles. The minimum atomic E-state index is -4.39. The van der Waals surface area contributed by atoms with Crippen LogP contribution in [0.2, 0.25) is 0 Å². The molecule has 1 aromatic carbocycles. The molecule has 1 aromatic rings. The fourth-order valence-corrected chi connectivity index (χ4v) is 1.84. The number of aliphatic hydroxyl groups is 2. The van der Waals surface area contributed by atoms with Crippen molar-refractivity contribution >= 4 is 0 Å². The van der Waals surface area contributed by atoms with Crippen LogP contribution < -0.4 is 0 Å². The number of hydrogen-bond donors (Lipinski definition) is 2. The van der Waals surface area contributed by atoms with Gasteiger partial charge in [-0.2, -0.15) is 13.2 Å². The van der Waals surface area contributed by atoms with Gasteiger partial charge in [-0.1, -0.05) is 19.4 Å². The second-order valence-corrected chi connectivity index (χ2v) is 4.37. The van der Waals surface area contributed by atoms with Crippen LogP contribution in [-0.2, 0) is 6.18 Å². The molecule has 102 valence electrons. The van der Waals surface area contributed by atoms with Crippen molar-refractivity contribution in [1.29, 1.82) is 0 Å². The molecule has 2 atom stereocenters. The number of aryl methyl sites for hydroxylation is 1. The summed E-state index contributed by atoms with van der Waals surface area (Å²) in [6.45, 7) is 3.35. The Bertz CT molecular complexity index is 402. The van der Waals surface area contributed by atoms with E-state index in [4.69, 9.17) is 0 Å². The summed E-state index contributed by atoms with van der Waals surface area (Å²) in [5.41, 5.74) is -0.0858.